The Kier molecular flexibility index (Phi) is 5.34. The number of ketones is 1. The minimum Gasteiger partial charge on any atom is -0.494 e. The van der Waals surface area contributed by atoms with Gasteiger partial charge in [0.25, 0.3) is 0 Å². The number of rotatable bonds is 6. The number of hydrogen-bond acceptors (Lipinski definition) is 4. The van der Waals surface area contributed by atoms with E-state index in [1.165, 1.54) is 18.2 Å². The van der Waals surface area contributed by atoms with Crippen LogP contribution in [0.4, 0.5) is 0 Å². The normalized spacial score (nSPS) is 11.6. The van der Waals surface area contributed by atoms with E-state index in [1.807, 2.05) is 6.92 Å². The minimum absolute atomic E-state index is 0.140. The van der Waals surface area contributed by atoms with Crippen molar-refractivity contribution in [1.82, 2.24) is 0 Å². The van der Waals surface area contributed by atoms with E-state index in [0.29, 0.717) is 17.9 Å². The van der Waals surface area contributed by atoms with Crippen LogP contribution in [0, 0.1) is 0 Å². The zero-order chi connectivity index (χ0) is 16.9. The third-order valence-electron chi connectivity index (χ3n) is 3.16. The van der Waals surface area contributed by atoms with Gasteiger partial charge in [0, 0.05) is 11.8 Å². The van der Waals surface area contributed by atoms with Gasteiger partial charge in [0.1, 0.15) is 5.75 Å². The lowest BCUT2D eigenvalue weighted by atomic mass is 10.1. The fourth-order valence-electron chi connectivity index (χ4n) is 2.00. The second kappa shape index (κ2) is 7.24. The zero-order valence-electron chi connectivity index (χ0n) is 13.0. The first-order valence-electron chi connectivity index (χ1n) is 7.15. The smallest absolute Gasteiger partial charge is 0.185 e. The highest BCUT2D eigenvalue weighted by molar-refractivity contribution is 7.90. The van der Waals surface area contributed by atoms with Crippen molar-refractivity contribution in [3.8, 4) is 5.75 Å². The monoisotopic (exact) mass is 330 g/mol. The van der Waals surface area contributed by atoms with Gasteiger partial charge in [0.05, 0.1) is 11.5 Å². The highest BCUT2D eigenvalue weighted by Gasteiger charge is 2.06. The molecule has 0 atom stereocenters. The van der Waals surface area contributed by atoms with Gasteiger partial charge in [-0.25, -0.2) is 8.42 Å². The average Bonchev–Trinajstić information content (AvgIpc) is 2.53. The Labute approximate surface area is 136 Å². The fourth-order valence-corrected chi connectivity index (χ4v) is 2.63. The topological polar surface area (TPSA) is 60.4 Å². The van der Waals surface area contributed by atoms with E-state index in [4.69, 9.17) is 4.74 Å². The molecule has 0 unspecified atom stereocenters. The molecule has 0 aliphatic rings. The number of carbonyl (C=O) groups is 1. The molecule has 120 valence electrons. The maximum atomic E-state index is 12.2. The van der Waals surface area contributed by atoms with Crippen LogP contribution < -0.4 is 4.74 Å². The molecule has 0 aliphatic carbocycles. The Morgan fingerprint density at radius 2 is 1.83 bits per heavy atom. The number of sulfone groups is 1. The molecule has 0 saturated heterocycles. The molecule has 0 heterocycles. The molecule has 5 heteroatoms. The standard InChI is InChI=1S/C18H18O4S/c1-3-22-16-6-4-5-15(13-16)18(19)12-9-14-7-10-17(11-8-14)23(2,20)21/h4-13H,3H2,1-2H3. The van der Waals surface area contributed by atoms with Crippen LogP contribution in [0.5, 0.6) is 5.75 Å². The van der Waals surface area contributed by atoms with Crippen molar-refractivity contribution in [3.63, 3.8) is 0 Å². The van der Waals surface area contributed by atoms with E-state index in [2.05, 4.69) is 0 Å². The van der Waals surface area contributed by atoms with Gasteiger partial charge in [-0.1, -0.05) is 30.3 Å². The van der Waals surface area contributed by atoms with E-state index in [9.17, 15) is 13.2 Å². The Morgan fingerprint density at radius 1 is 1.13 bits per heavy atom. The van der Waals surface area contributed by atoms with Crippen molar-refractivity contribution in [1.29, 1.82) is 0 Å². The predicted molar refractivity (Wildman–Crippen MR) is 90.5 cm³/mol. The van der Waals surface area contributed by atoms with Crippen LogP contribution in [0.3, 0.4) is 0 Å². The summed E-state index contributed by atoms with van der Waals surface area (Å²) in [6.45, 7) is 2.43. The lowest BCUT2D eigenvalue weighted by Gasteiger charge is -2.03. The maximum absolute atomic E-state index is 12.2. The first-order valence-corrected chi connectivity index (χ1v) is 9.04. The summed E-state index contributed by atoms with van der Waals surface area (Å²) < 4.78 is 28.2. The summed E-state index contributed by atoms with van der Waals surface area (Å²) in [7, 11) is -3.21. The van der Waals surface area contributed by atoms with Crippen LogP contribution >= 0.6 is 0 Å². The number of hydrogen-bond donors (Lipinski definition) is 0. The number of carbonyl (C=O) groups excluding carboxylic acids is 1. The van der Waals surface area contributed by atoms with E-state index < -0.39 is 9.84 Å². The summed E-state index contributed by atoms with van der Waals surface area (Å²) in [5.41, 5.74) is 1.30. The van der Waals surface area contributed by atoms with Crippen LogP contribution in [0.1, 0.15) is 22.8 Å². The van der Waals surface area contributed by atoms with Gasteiger partial charge in [0.2, 0.25) is 0 Å². The molecule has 2 aromatic rings. The number of allylic oxidation sites excluding steroid dienone is 1. The molecule has 0 aromatic heterocycles. The molecule has 23 heavy (non-hydrogen) atoms. The first-order chi connectivity index (χ1) is 10.9. The van der Waals surface area contributed by atoms with Crippen LogP contribution in [0.25, 0.3) is 6.08 Å². The maximum Gasteiger partial charge on any atom is 0.185 e. The van der Waals surface area contributed by atoms with E-state index in [-0.39, 0.29) is 10.7 Å². The van der Waals surface area contributed by atoms with Gasteiger partial charge in [-0.15, -0.1) is 0 Å². The molecule has 0 N–H and O–H groups in total. The van der Waals surface area contributed by atoms with Gasteiger partial charge in [-0.2, -0.15) is 0 Å². The molecule has 0 fully saturated rings. The van der Waals surface area contributed by atoms with Crippen molar-refractivity contribution in [2.24, 2.45) is 0 Å². The van der Waals surface area contributed by atoms with E-state index in [0.717, 1.165) is 11.8 Å². The molecule has 4 nitrogen and oxygen atoms in total. The summed E-state index contributed by atoms with van der Waals surface area (Å²) in [6.07, 6.45) is 4.27. The molecule has 2 aromatic carbocycles. The highest BCUT2D eigenvalue weighted by atomic mass is 32.2. The van der Waals surface area contributed by atoms with Gasteiger partial charge < -0.3 is 4.74 Å². The van der Waals surface area contributed by atoms with Gasteiger partial charge in [-0.05, 0) is 42.8 Å². The summed E-state index contributed by atoms with van der Waals surface area (Å²) in [6, 6.07) is 13.4. The second-order valence-electron chi connectivity index (χ2n) is 5.00. The molecule has 0 bridgehead atoms. The zero-order valence-corrected chi connectivity index (χ0v) is 13.8. The lowest BCUT2D eigenvalue weighted by Crippen LogP contribution is -1.97. The Bertz CT molecular complexity index is 818. The fraction of sp³-hybridized carbons (Fsp3) is 0.167. The average molecular weight is 330 g/mol. The largest absolute Gasteiger partial charge is 0.494 e. The molecule has 0 saturated carbocycles. The number of ether oxygens (including phenoxy) is 1. The Morgan fingerprint density at radius 3 is 2.43 bits per heavy atom. The highest BCUT2D eigenvalue weighted by Crippen LogP contribution is 2.15. The summed E-state index contributed by atoms with van der Waals surface area (Å²) in [4.78, 5) is 12.4. The molecular formula is C18H18O4S. The SMILES string of the molecule is CCOc1cccc(C(=O)C=Cc2ccc(S(C)(=O)=O)cc2)c1. The molecule has 0 aliphatic heterocycles. The van der Waals surface area contributed by atoms with Crippen molar-refractivity contribution < 1.29 is 17.9 Å². The van der Waals surface area contributed by atoms with Gasteiger partial charge in [-0.3, -0.25) is 4.79 Å². The second-order valence-corrected chi connectivity index (χ2v) is 7.02. The summed E-state index contributed by atoms with van der Waals surface area (Å²) in [5.74, 6) is 0.517. The third kappa shape index (κ3) is 4.79. The third-order valence-corrected chi connectivity index (χ3v) is 4.29. The molecule has 0 radical (unpaired) electrons. The van der Waals surface area contributed by atoms with Crippen LogP contribution in [0.2, 0.25) is 0 Å². The van der Waals surface area contributed by atoms with Crippen molar-refractivity contribution >= 4 is 21.7 Å². The van der Waals surface area contributed by atoms with Crippen LogP contribution in [-0.4, -0.2) is 27.1 Å². The van der Waals surface area contributed by atoms with Crippen LogP contribution in [-0.2, 0) is 9.84 Å². The van der Waals surface area contributed by atoms with Gasteiger partial charge >= 0.3 is 0 Å². The lowest BCUT2D eigenvalue weighted by molar-refractivity contribution is 0.104. The quantitative estimate of drug-likeness (QED) is 0.602. The Balaban J connectivity index is 2.13. The van der Waals surface area contributed by atoms with E-state index >= 15 is 0 Å². The van der Waals surface area contributed by atoms with Crippen LogP contribution in [0.15, 0.2) is 59.5 Å². The first kappa shape index (κ1) is 17.0. The van der Waals surface area contributed by atoms with Crippen molar-refractivity contribution in [3.05, 3.63) is 65.7 Å². The summed E-state index contributed by atoms with van der Waals surface area (Å²) >= 11 is 0. The Hall–Kier alpha value is -2.40. The molecule has 2 rings (SSSR count). The molecular weight excluding hydrogens is 312 g/mol. The summed E-state index contributed by atoms with van der Waals surface area (Å²) in [5, 5.41) is 0. The van der Waals surface area contributed by atoms with E-state index in [1.54, 1.807) is 42.5 Å². The van der Waals surface area contributed by atoms with Gasteiger partial charge in [0.15, 0.2) is 15.6 Å². The molecule has 0 amide bonds. The van der Waals surface area contributed by atoms with Crippen molar-refractivity contribution in [2.45, 2.75) is 11.8 Å². The minimum atomic E-state index is -3.21. The van der Waals surface area contributed by atoms with Crippen molar-refractivity contribution in [2.75, 3.05) is 12.9 Å². The predicted octanol–water partition coefficient (Wildman–Crippen LogP) is 3.38. The number of benzene rings is 2. The molecule has 0 spiro atoms.